The van der Waals surface area contributed by atoms with E-state index in [1.165, 1.54) is 0 Å². The average molecular weight is 255 g/mol. The Labute approximate surface area is 106 Å². The van der Waals surface area contributed by atoms with Crippen LogP contribution in [0.3, 0.4) is 0 Å². The molecule has 1 fully saturated rings. The maximum atomic E-state index is 11.7. The van der Waals surface area contributed by atoms with Crippen molar-refractivity contribution in [2.24, 2.45) is 5.92 Å². The van der Waals surface area contributed by atoms with Crippen molar-refractivity contribution in [2.45, 2.75) is 0 Å². The minimum Gasteiger partial charge on any atom is -0.449 e. The number of hydrogen-bond donors (Lipinski definition) is 1. The SMILES string of the molecule is CNCC1COC(=O)N(c2ccccc2Cl)C1. The van der Waals surface area contributed by atoms with Gasteiger partial charge in [-0.15, -0.1) is 0 Å². The van der Waals surface area contributed by atoms with E-state index in [0.29, 0.717) is 23.9 Å². The first-order valence-electron chi connectivity index (χ1n) is 5.55. The van der Waals surface area contributed by atoms with Crippen molar-refractivity contribution < 1.29 is 9.53 Å². The van der Waals surface area contributed by atoms with Crippen molar-refractivity contribution in [3.63, 3.8) is 0 Å². The summed E-state index contributed by atoms with van der Waals surface area (Å²) in [7, 11) is 1.89. The Morgan fingerprint density at radius 1 is 1.53 bits per heavy atom. The molecule has 2 rings (SSSR count). The zero-order valence-corrected chi connectivity index (χ0v) is 10.4. The van der Waals surface area contributed by atoms with Gasteiger partial charge in [-0.1, -0.05) is 23.7 Å². The number of rotatable bonds is 3. The first-order chi connectivity index (χ1) is 8.22. The van der Waals surface area contributed by atoms with Crippen LogP contribution in [0.15, 0.2) is 24.3 Å². The molecule has 4 nitrogen and oxygen atoms in total. The number of nitrogens with one attached hydrogen (secondary N) is 1. The molecule has 1 amide bonds. The molecule has 1 aromatic carbocycles. The number of cyclic esters (lactones) is 1. The number of hydrogen-bond acceptors (Lipinski definition) is 3. The fourth-order valence-electron chi connectivity index (χ4n) is 1.93. The van der Waals surface area contributed by atoms with E-state index in [-0.39, 0.29) is 12.0 Å². The Balaban J connectivity index is 2.18. The van der Waals surface area contributed by atoms with Crippen LogP contribution in [-0.2, 0) is 4.74 Å². The summed E-state index contributed by atoms with van der Waals surface area (Å²) < 4.78 is 5.15. The van der Waals surface area contributed by atoms with Crippen LogP contribution in [0.2, 0.25) is 5.02 Å². The van der Waals surface area contributed by atoms with Crippen LogP contribution >= 0.6 is 11.6 Å². The number of carbonyl (C=O) groups excluding carboxylic acids is 1. The molecule has 1 saturated heterocycles. The van der Waals surface area contributed by atoms with Crippen LogP contribution in [0.4, 0.5) is 10.5 Å². The lowest BCUT2D eigenvalue weighted by molar-refractivity contribution is 0.115. The second-order valence-corrected chi connectivity index (χ2v) is 4.47. The van der Waals surface area contributed by atoms with E-state index in [4.69, 9.17) is 16.3 Å². The van der Waals surface area contributed by atoms with Gasteiger partial charge in [0.2, 0.25) is 0 Å². The lowest BCUT2D eigenvalue weighted by Crippen LogP contribution is -2.46. The molecule has 1 unspecified atom stereocenters. The fraction of sp³-hybridized carbons (Fsp3) is 0.417. The molecule has 5 heteroatoms. The van der Waals surface area contributed by atoms with Crippen LogP contribution in [-0.4, -0.2) is 32.8 Å². The van der Waals surface area contributed by atoms with Crippen LogP contribution < -0.4 is 10.2 Å². The van der Waals surface area contributed by atoms with Gasteiger partial charge in [-0.05, 0) is 19.2 Å². The summed E-state index contributed by atoms with van der Waals surface area (Å²) in [5.74, 6) is 0.286. The molecule has 1 heterocycles. The second-order valence-electron chi connectivity index (χ2n) is 4.06. The van der Waals surface area contributed by atoms with Gasteiger partial charge in [0.05, 0.1) is 17.3 Å². The van der Waals surface area contributed by atoms with E-state index in [2.05, 4.69) is 5.32 Å². The Kier molecular flexibility index (Phi) is 3.86. The molecular formula is C12H15ClN2O2. The predicted molar refractivity (Wildman–Crippen MR) is 67.6 cm³/mol. The van der Waals surface area contributed by atoms with Gasteiger partial charge in [0.1, 0.15) is 0 Å². The van der Waals surface area contributed by atoms with Crippen molar-refractivity contribution in [2.75, 3.05) is 31.6 Å². The third-order valence-electron chi connectivity index (χ3n) is 2.74. The molecule has 1 aliphatic rings. The molecule has 0 saturated carbocycles. The van der Waals surface area contributed by atoms with E-state index in [0.717, 1.165) is 6.54 Å². The predicted octanol–water partition coefficient (Wildman–Crippen LogP) is 2.13. The van der Waals surface area contributed by atoms with E-state index < -0.39 is 0 Å². The summed E-state index contributed by atoms with van der Waals surface area (Å²) in [5, 5.41) is 3.65. The smallest absolute Gasteiger partial charge is 0.414 e. The van der Waals surface area contributed by atoms with Crippen LogP contribution in [0.1, 0.15) is 0 Å². The van der Waals surface area contributed by atoms with Gasteiger partial charge in [0, 0.05) is 19.0 Å². The van der Waals surface area contributed by atoms with Crippen molar-refractivity contribution >= 4 is 23.4 Å². The van der Waals surface area contributed by atoms with Crippen molar-refractivity contribution in [3.8, 4) is 0 Å². The van der Waals surface area contributed by atoms with Gasteiger partial charge in [-0.25, -0.2) is 4.79 Å². The number of ether oxygens (including phenoxy) is 1. The summed E-state index contributed by atoms with van der Waals surface area (Å²) >= 11 is 6.08. The van der Waals surface area contributed by atoms with Crippen molar-refractivity contribution in [1.82, 2.24) is 5.32 Å². The molecule has 1 aliphatic heterocycles. The number of amides is 1. The molecule has 0 bridgehead atoms. The molecule has 0 spiro atoms. The number of benzene rings is 1. The zero-order valence-electron chi connectivity index (χ0n) is 9.65. The summed E-state index contributed by atoms with van der Waals surface area (Å²) in [6.07, 6.45) is -0.328. The van der Waals surface area contributed by atoms with Gasteiger partial charge in [-0.3, -0.25) is 4.90 Å². The lowest BCUT2D eigenvalue weighted by atomic mass is 10.1. The van der Waals surface area contributed by atoms with Crippen LogP contribution in [0, 0.1) is 5.92 Å². The van der Waals surface area contributed by atoms with Crippen LogP contribution in [0.25, 0.3) is 0 Å². The van der Waals surface area contributed by atoms with Crippen molar-refractivity contribution in [3.05, 3.63) is 29.3 Å². The largest absolute Gasteiger partial charge is 0.449 e. The standard InChI is InChI=1S/C12H15ClN2O2/c1-14-6-9-7-15(12(16)17-8-9)11-5-3-2-4-10(11)13/h2-5,9,14H,6-8H2,1H3. The van der Waals surface area contributed by atoms with Crippen molar-refractivity contribution in [1.29, 1.82) is 0 Å². The third kappa shape index (κ3) is 2.70. The number of anilines is 1. The monoisotopic (exact) mass is 254 g/mol. The van der Waals surface area contributed by atoms with Gasteiger partial charge < -0.3 is 10.1 Å². The molecule has 0 aliphatic carbocycles. The lowest BCUT2D eigenvalue weighted by Gasteiger charge is -2.32. The summed E-state index contributed by atoms with van der Waals surface area (Å²) in [6, 6.07) is 7.29. The second kappa shape index (κ2) is 5.38. The molecule has 17 heavy (non-hydrogen) atoms. The highest BCUT2D eigenvalue weighted by molar-refractivity contribution is 6.33. The highest BCUT2D eigenvalue weighted by Crippen LogP contribution is 2.28. The zero-order chi connectivity index (χ0) is 12.3. The number of para-hydroxylation sites is 1. The average Bonchev–Trinajstić information content (AvgIpc) is 2.33. The third-order valence-corrected chi connectivity index (χ3v) is 3.06. The molecule has 1 atom stereocenters. The maximum absolute atomic E-state index is 11.7. The highest BCUT2D eigenvalue weighted by Gasteiger charge is 2.28. The number of halogens is 1. The number of carbonyl (C=O) groups is 1. The van der Waals surface area contributed by atoms with Crippen LogP contribution in [0.5, 0.6) is 0 Å². The normalized spacial score (nSPS) is 20.2. The Morgan fingerprint density at radius 3 is 3.00 bits per heavy atom. The van der Waals surface area contributed by atoms with E-state index in [1.54, 1.807) is 11.0 Å². The Bertz CT molecular complexity index is 411. The minimum absolute atomic E-state index is 0.286. The first-order valence-corrected chi connectivity index (χ1v) is 5.93. The summed E-state index contributed by atoms with van der Waals surface area (Å²) in [6.45, 7) is 1.90. The summed E-state index contributed by atoms with van der Waals surface area (Å²) in [5.41, 5.74) is 0.708. The van der Waals surface area contributed by atoms with Gasteiger partial charge in [0.25, 0.3) is 0 Å². The Hall–Kier alpha value is -1.26. The Morgan fingerprint density at radius 2 is 2.29 bits per heavy atom. The molecule has 0 radical (unpaired) electrons. The van der Waals surface area contributed by atoms with Gasteiger partial charge in [0.15, 0.2) is 0 Å². The van der Waals surface area contributed by atoms with E-state index in [1.807, 2.05) is 25.2 Å². The topological polar surface area (TPSA) is 41.6 Å². The molecule has 0 aromatic heterocycles. The van der Waals surface area contributed by atoms with E-state index >= 15 is 0 Å². The highest BCUT2D eigenvalue weighted by atomic mass is 35.5. The molecule has 1 aromatic rings. The van der Waals surface area contributed by atoms with Gasteiger partial charge >= 0.3 is 6.09 Å². The maximum Gasteiger partial charge on any atom is 0.414 e. The first kappa shape index (κ1) is 12.2. The fourth-order valence-corrected chi connectivity index (χ4v) is 2.17. The van der Waals surface area contributed by atoms with Gasteiger partial charge in [-0.2, -0.15) is 0 Å². The quantitative estimate of drug-likeness (QED) is 0.899. The number of nitrogens with zero attached hydrogens (tertiary/aromatic N) is 1. The van der Waals surface area contributed by atoms with E-state index in [9.17, 15) is 4.79 Å². The summed E-state index contributed by atoms with van der Waals surface area (Å²) in [4.78, 5) is 13.3. The molecule has 92 valence electrons. The molecular weight excluding hydrogens is 240 g/mol. The minimum atomic E-state index is -0.328. The molecule has 1 N–H and O–H groups in total.